The summed E-state index contributed by atoms with van der Waals surface area (Å²) in [5.74, 6) is 1.98. The molecule has 0 bridgehead atoms. The second-order valence-electron chi connectivity index (χ2n) is 6.99. The van der Waals surface area contributed by atoms with Crippen molar-refractivity contribution in [2.75, 3.05) is 18.0 Å². The molecule has 3 heteroatoms. The lowest BCUT2D eigenvalue weighted by Gasteiger charge is -2.33. The van der Waals surface area contributed by atoms with E-state index in [0.29, 0.717) is 0 Å². The fraction of sp³-hybridized carbons (Fsp3) is 0.706. The van der Waals surface area contributed by atoms with E-state index in [-0.39, 0.29) is 5.54 Å². The third-order valence-electron chi connectivity index (χ3n) is 4.05. The van der Waals surface area contributed by atoms with E-state index in [1.165, 1.54) is 31.4 Å². The van der Waals surface area contributed by atoms with Crippen LogP contribution in [0, 0.1) is 5.92 Å². The van der Waals surface area contributed by atoms with Gasteiger partial charge in [-0.1, -0.05) is 13.3 Å². The zero-order valence-electron chi connectivity index (χ0n) is 13.4. The van der Waals surface area contributed by atoms with Gasteiger partial charge in [-0.2, -0.15) is 0 Å². The maximum Gasteiger partial charge on any atom is 0.128 e. The number of nitrogens with one attached hydrogen (secondary N) is 1. The SMILES string of the molecule is CCC1CCCN(c2cc(CNC(C)(C)C)ccn2)C1. The van der Waals surface area contributed by atoms with Crippen molar-refractivity contribution in [2.45, 2.75) is 59.0 Å². The lowest BCUT2D eigenvalue weighted by atomic mass is 9.95. The van der Waals surface area contributed by atoms with Gasteiger partial charge in [0.1, 0.15) is 5.82 Å². The molecular formula is C17H29N3. The number of hydrogen-bond donors (Lipinski definition) is 1. The van der Waals surface area contributed by atoms with Crippen LogP contribution in [0.3, 0.4) is 0 Å². The lowest BCUT2D eigenvalue weighted by molar-refractivity contribution is 0.402. The maximum absolute atomic E-state index is 4.57. The first kappa shape index (κ1) is 15.3. The van der Waals surface area contributed by atoms with Gasteiger partial charge in [0, 0.05) is 31.4 Å². The molecule has 1 saturated heterocycles. The molecule has 1 N–H and O–H groups in total. The minimum Gasteiger partial charge on any atom is -0.356 e. The molecule has 0 amide bonds. The first-order valence-corrected chi connectivity index (χ1v) is 7.93. The van der Waals surface area contributed by atoms with Crippen molar-refractivity contribution in [3.63, 3.8) is 0 Å². The number of aromatic nitrogens is 1. The Bertz CT molecular complexity index is 422. The van der Waals surface area contributed by atoms with E-state index in [9.17, 15) is 0 Å². The highest BCUT2D eigenvalue weighted by atomic mass is 15.2. The third-order valence-corrected chi connectivity index (χ3v) is 4.05. The van der Waals surface area contributed by atoms with Crippen molar-refractivity contribution in [1.29, 1.82) is 0 Å². The standard InChI is InChI=1S/C17H29N3/c1-5-14-7-6-10-20(13-14)16-11-15(8-9-18-16)12-19-17(2,3)4/h8-9,11,14,19H,5-7,10,12-13H2,1-4H3. The highest BCUT2D eigenvalue weighted by molar-refractivity contribution is 5.41. The van der Waals surface area contributed by atoms with Crippen LogP contribution in [0.25, 0.3) is 0 Å². The van der Waals surface area contributed by atoms with Crippen molar-refractivity contribution in [3.8, 4) is 0 Å². The van der Waals surface area contributed by atoms with Crippen LogP contribution in [0.2, 0.25) is 0 Å². The van der Waals surface area contributed by atoms with Crippen LogP contribution in [-0.4, -0.2) is 23.6 Å². The van der Waals surface area contributed by atoms with Crippen molar-refractivity contribution in [2.24, 2.45) is 5.92 Å². The van der Waals surface area contributed by atoms with Gasteiger partial charge < -0.3 is 10.2 Å². The number of nitrogens with zero attached hydrogens (tertiary/aromatic N) is 2. The van der Waals surface area contributed by atoms with Gasteiger partial charge in [-0.25, -0.2) is 4.98 Å². The van der Waals surface area contributed by atoms with Gasteiger partial charge in [0.2, 0.25) is 0 Å². The summed E-state index contributed by atoms with van der Waals surface area (Å²) in [6.07, 6.45) is 5.90. The molecule has 0 aliphatic carbocycles. The average molecular weight is 275 g/mol. The number of pyridine rings is 1. The molecule has 1 aliphatic rings. The topological polar surface area (TPSA) is 28.2 Å². The van der Waals surface area contributed by atoms with Gasteiger partial charge in [-0.3, -0.25) is 0 Å². The van der Waals surface area contributed by atoms with Gasteiger partial charge in [-0.15, -0.1) is 0 Å². The van der Waals surface area contributed by atoms with Crippen LogP contribution in [0.1, 0.15) is 52.5 Å². The molecule has 2 rings (SSSR count). The van der Waals surface area contributed by atoms with Gasteiger partial charge in [0.15, 0.2) is 0 Å². The Kier molecular flexibility index (Phi) is 5.03. The van der Waals surface area contributed by atoms with Gasteiger partial charge in [0.25, 0.3) is 0 Å². The predicted octanol–water partition coefficient (Wildman–Crippen LogP) is 3.60. The highest BCUT2D eigenvalue weighted by Gasteiger charge is 2.19. The molecule has 0 radical (unpaired) electrons. The summed E-state index contributed by atoms with van der Waals surface area (Å²) in [7, 11) is 0. The summed E-state index contributed by atoms with van der Waals surface area (Å²) in [6, 6.07) is 4.36. The Morgan fingerprint density at radius 2 is 2.20 bits per heavy atom. The van der Waals surface area contributed by atoms with E-state index in [1.807, 2.05) is 6.20 Å². The molecule has 1 unspecified atom stereocenters. The molecule has 1 aliphatic heterocycles. The summed E-state index contributed by atoms with van der Waals surface area (Å²) in [4.78, 5) is 7.03. The summed E-state index contributed by atoms with van der Waals surface area (Å²) < 4.78 is 0. The van der Waals surface area contributed by atoms with Crippen molar-refractivity contribution < 1.29 is 0 Å². The van der Waals surface area contributed by atoms with Crippen LogP contribution >= 0.6 is 0 Å². The number of anilines is 1. The number of hydrogen-bond acceptors (Lipinski definition) is 3. The van der Waals surface area contributed by atoms with E-state index < -0.39 is 0 Å². The average Bonchev–Trinajstić information content (AvgIpc) is 2.45. The van der Waals surface area contributed by atoms with Crippen molar-refractivity contribution in [3.05, 3.63) is 23.9 Å². The van der Waals surface area contributed by atoms with Crippen LogP contribution < -0.4 is 10.2 Å². The summed E-state index contributed by atoms with van der Waals surface area (Å²) in [6.45, 7) is 12.1. The predicted molar refractivity (Wildman–Crippen MR) is 86.1 cm³/mol. The summed E-state index contributed by atoms with van der Waals surface area (Å²) >= 11 is 0. The van der Waals surface area contributed by atoms with Crippen LogP contribution in [-0.2, 0) is 6.54 Å². The minimum atomic E-state index is 0.155. The monoisotopic (exact) mass is 275 g/mol. The Balaban J connectivity index is 2.01. The lowest BCUT2D eigenvalue weighted by Crippen LogP contribution is -2.36. The molecule has 3 nitrogen and oxygen atoms in total. The molecule has 20 heavy (non-hydrogen) atoms. The molecule has 1 aromatic heterocycles. The molecule has 0 spiro atoms. The zero-order chi connectivity index (χ0) is 14.6. The molecule has 2 heterocycles. The van der Waals surface area contributed by atoms with E-state index in [2.05, 4.69) is 55.0 Å². The zero-order valence-corrected chi connectivity index (χ0v) is 13.4. The van der Waals surface area contributed by atoms with Crippen LogP contribution in [0.5, 0.6) is 0 Å². The van der Waals surface area contributed by atoms with Gasteiger partial charge >= 0.3 is 0 Å². The fourth-order valence-corrected chi connectivity index (χ4v) is 2.72. The Hall–Kier alpha value is -1.09. The third kappa shape index (κ3) is 4.48. The molecule has 1 aromatic rings. The quantitative estimate of drug-likeness (QED) is 0.910. The molecule has 0 aromatic carbocycles. The second-order valence-corrected chi connectivity index (χ2v) is 6.99. The Morgan fingerprint density at radius 1 is 1.40 bits per heavy atom. The molecule has 0 saturated carbocycles. The van der Waals surface area contributed by atoms with Crippen molar-refractivity contribution >= 4 is 5.82 Å². The van der Waals surface area contributed by atoms with Crippen LogP contribution in [0.15, 0.2) is 18.3 Å². The largest absolute Gasteiger partial charge is 0.356 e. The summed E-state index contributed by atoms with van der Waals surface area (Å²) in [5.41, 5.74) is 1.48. The van der Waals surface area contributed by atoms with Crippen molar-refractivity contribution in [1.82, 2.24) is 10.3 Å². The first-order valence-electron chi connectivity index (χ1n) is 7.93. The van der Waals surface area contributed by atoms with E-state index >= 15 is 0 Å². The highest BCUT2D eigenvalue weighted by Crippen LogP contribution is 2.24. The molecule has 1 atom stereocenters. The molecular weight excluding hydrogens is 246 g/mol. The second kappa shape index (κ2) is 6.57. The Morgan fingerprint density at radius 3 is 2.90 bits per heavy atom. The molecule has 1 fully saturated rings. The van der Waals surface area contributed by atoms with E-state index in [1.54, 1.807) is 0 Å². The van der Waals surface area contributed by atoms with Gasteiger partial charge in [0.05, 0.1) is 0 Å². The number of rotatable bonds is 4. The van der Waals surface area contributed by atoms with E-state index in [0.717, 1.165) is 24.8 Å². The Labute approximate surface area is 123 Å². The van der Waals surface area contributed by atoms with Gasteiger partial charge in [-0.05, 0) is 57.2 Å². The maximum atomic E-state index is 4.57. The smallest absolute Gasteiger partial charge is 0.128 e. The summed E-state index contributed by atoms with van der Waals surface area (Å²) in [5, 5.41) is 3.54. The van der Waals surface area contributed by atoms with E-state index in [4.69, 9.17) is 0 Å². The molecule has 112 valence electrons. The number of piperidine rings is 1. The normalized spacial score (nSPS) is 20.2. The van der Waals surface area contributed by atoms with Crippen LogP contribution in [0.4, 0.5) is 5.82 Å². The minimum absolute atomic E-state index is 0.155. The fourth-order valence-electron chi connectivity index (χ4n) is 2.72. The first-order chi connectivity index (χ1) is 9.48.